The van der Waals surface area contributed by atoms with Crippen LogP contribution < -0.4 is 0 Å². The molecule has 5 atom stereocenters. The molecule has 0 spiro atoms. The van der Waals surface area contributed by atoms with E-state index in [-0.39, 0.29) is 6.61 Å². The van der Waals surface area contributed by atoms with Crippen molar-refractivity contribution < 1.29 is 38.0 Å². The van der Waals surface area contributed by atoms with Gasteiger partial charge in [-0.3, -0.25) is 0 Å². The Kier molecular flexibility index (Phi) is 6.57. The van der Waals surface area contributed by atoms with Gasteiger partial charge in [-0.25, -0.2) is 9.59 Å². The van der Waals surface area contributed by atoms with Gasteiger partial charge in [-0.1, -0.05) is 36.4 Å². The molecule has 0 unspecified atom stereocenters. The third kappa shape index (κ3) is 4.83. The van der Waals surface area contributed by atoms with Crippen LogP contribution in [-0.2, 0) is 28.4 Å². The lowest BCUT2D eigenvalue weighted by Gasteiger charge is -2.29. The highest BCUT2D eigenvalue weighted by molar-refractivity contribution is 5.90. The van der Waals surface area contributed by atoms with Crippen molar-refractivity contribution in [1.82, 2.24) is 0 Å². The SMILES string of the molecule is CO[C@@H]1OC[C@H](OC(=O)c2ccccc2)[C@H]2OC(C)(C)O[C@@H]2[C@H]1OC(=O)c1ccccc1. The number of methoxy groups -OCH3 is 1. The van der Waals surface area contributed by atoms with Crippen molar-refractivity contribution in [1.29, 1.82) is 0 Å². The molecule has 0 radical (unpaired) electrons. The predicted octanol–water partition coefficient (Wildman–Crippen LogP) is 2.96. The van der Waals surface area contributed by atoms with Gasteiger partial charge in [0.05, 0.1) is 17.7 Å². The van der Waals surface area contributed by atoms with Crippen molar-refractivity contribution in [3.05, 3.63) is 71.8 Å². The van der Waals surface area contributed by atoms with Gasteiger partial charge in [0.1, 0.15) is 12.2 Å². The molecule has 0 aliphatic carbocycles. The Balaban J connectivity index is 1.58. The summed E-state index contributed by atoms with van der Waals surface area (Å²) in [6, 6.07) is 17.2. The molecule has 0 amide bonds. The Morgan fingerprint density at radius 3 is 1.94 bits per heavy atom. The molecule has 2 fully saturated rings. The van der Waals surface area contributed by atoms with E-state index < -0.39 is 48.4 Å². The molecule has 2 saturated heterocycles. The second-order valence-electron chi connectivity index (χ2n) is 8.05. The normalized spacial score (nSPS) is 28.9. The number of ether oxygens (including phenoxy) is 6. The molecule has 170 valence electrons. The van der Waals surface area contributed by atoms with Gasteiger partial charge in [0.25, 0.3) is 0 Å². The highest BCUT2D eigenvalue weighted by Crippen LogP contribution is 2.37. The number of rotatable bonds is 5. The Morgan fingerprint density at radius 2 is 1.38 bits per heavy atom. The largest absolute Gasteiger partial charge is 0.453 e. The maximum atomic E-state index is 12.8. The van der Waals surface area contributed by atoms with Gasteiger partial charge in [0.2, 0.25) is 0 Å². The fourth-order valence-corrected chi connectivity index (χ4v) is 3.86. The summed E-state index contributed by atoms with van der Waals surface area (Å²) in [7, 11) is 1.44. The number of fused-ring (bicyclic) bond motifs is 1. The van der Waals surface area contributed by atoms with Crippen LogP contribution >= 0.6 is 0 Å². The highest BCUT2D eigenvalue weighted by Gasteiger charge is 2.55. The lowest BCUT2D eigenvalue weighted by molar-refractivity contribution is -0.223. The standard InChI is InChI=1S/C24H26O8/c1-24(2)31-18-17(29-21(25)15-10-6-4-7-11-15)14-28-23(27-3)20(19(18)32-24)30-22(26)16-12-8-5-9-13-16/h4-13,17-20,23H,14H2,1-3H3/t17-,18+,19-,20+,23+/m0/s1. The fraction of sp³-hybridized carbons (Fsp3) is 0.417. The van der Waals surface area contributed by atoms with Crippen molar-refractivity contribution >= 4 is 11.9 Å². The summed E-state index contributed by atoms with van der Waals surface area (Å²) in [6.45, 7) is 3.48. The number of hydrogen-bond donors (Lipinski definition) is 0. The molecule has 0 saturated carbocycles. The molecule has 0 N–H and O–H groups in total. The maximum absolute atomic E-state index is 12.8. The van der Waals surface area contributed by atoms with E-state index >= 15 is 0 Å². The average molecular weight is 442 g/mol. The minimum atomic E-state index is -0.986. The number of carbonyl (C=O) groups excluding carboxylic acids is 2. The van der Waals surface area contributed by atoms with E-state index in [2.05, 4.69) is 0 Å². The van der Waals surface area contributed by atoms with E-state index in [9.17, 15) is 9.59 Å². The monoisotopic (exact) mass is 442 g/mol. The zero-order chi connectivity index (χ0) is 22.7. The number of esters is 2. The fourth-order valence-electron chi connectivity index (χ4n) is 3.86. The lowest BCUT2D eigenvalue weighted by atomic mass is 10.0. The molecule has 2 aliphatic heterocycles. The van der Waals surface area contributed by atoms with Gasteiger partial charge in [0, 0.05) is 7.11 Å². The summed E-state index contributed by atoms with van der Waals surface area (Å²) in [4.78, 5) is 25.4. The third-order valence-electron chi connectivity index (χ3n) is 5.30. The molecule has 32 heavy (non-hydrogen) atoms. The first kappa shape index (κ1) is 22.4. The molecule has 8 heteroatoms. The van der Waals surface area contributed by atoms with Crippen molar-refractivity contribution in [3.8, 4) is 0 Å². The molecule has 2 heterocycles. The third-order valence-corrected chi connectivity index (χ3v) is 5.30. The van der Waals surface area contributed by atoms with Crippen molar-refractivity contribution in [2.24, 2.45) is 0 Å². The van der Waals surface area contributed by atoms with Crippen LogP contribution in [0.1, 0.15) is 34.6 Å². The van der Waals surface area contributed by atoms with Crippen LogP contribution in [0.2, 0.25) is 0 Å². The first-order chi connectivity index (χ1) is 15.4. The predicted molar refractivity (Wildman–Crippen MR) is 112 cm³/mol. The van der Waals surface area contributed by atoms with Crippen molar-refractivity contribution in [2.75, 3.05) is 13.7 Å². The Morgan fingerprint density at radius 1 is 0.844 bits per heavy atom. The Labute approximate surface area is 186 Å². The van der Waals surface area contributed by atoms with Gasteiger partial charge in [-0.15, -0.1) is 0 Å². The van der Waals surface area contributed by atoms with Crippen LogP contribution in [0, 0.1) is 0 Å². The topological polar surface area (TPSA) is 89.5 Å². The van der Waals surface area contributed by atoms with Crippen LogP contribution in [0.5, 0.6) is 0 Å². The first-order valence-corrected chi connectivity index (χ1v) is 10.4. The van der Waals surface area contributed by atoms with Crippen LogP contribution in [0.15, 0.2) is 60.7 Å². The zero-order valence-electron chi connectivity index (χ0n) is 18.1. The van der Waals surface area contributed by atoms with Crippen LogP contribution in [0.25, 0.3) is 0 Å². The molecule has 2 aromatic carbocycles. The van der Waals surface area contributed by atoms with E-state index in [4.69, 9.17) is 28.4 Å². The van der Waals surface area contributed by atoms with Gasteiger partial charge >= 0.3 is 11.9 Å². The molecule has 4 rings (SSSR count). The van der Waals surface area contributed by atoms with Crippen LogP contribution in [-0.4, -0.2) is 62.1 Å². The van der Waals surface area contributed by atoms with E-state index in [0.29, 0.717) is 11.1 Å². The summed E-state index contributed by atoms with van der Waals surface area (Å²) in [5, 5.41) is 0. The van der Waals surface area contributed by atoms with Gasteiger partial charge in [-0.05, 0) is 38.1 Å². The Hall–Kier alpha value is -2.78. The summed E-state index contributed by atoms with van der Waals surface area (Å²) >= 11 is 0. The van der Waals surface area contributed by atoms with Crippen LogP contribution in [0.4, 0.5) is 0 Å². The molecule has 0 bridgehead atoms. The Bertz CT molecular complexity index is 930. The number of hydrogen-bond acceptors (Lipinski definition) is 8. The van der Waals surface area contributed by atoms with E-state index in [1.54, 1.807) is 62.4 Å². The summed E-state index contributed by atoms with van der Waals surface area (Å²) in [6.07, 6.45) is -4.19. The maximum Gasteiger partial charge on any atom is 0.338 e. The molecule has 8 nitrogen and oxygen atoms in total. The first-order valence-electron chi connectivity index (χ1n) is 10.4. The number of benzene rings is 2. The molecular weight excluding hydrogens is 416 g/mol. The van der Waals surface area contributed by atoms with Crippen molar-refractivity contribution in [2.45, 2.75) is 50.3 Å². The summed E-state index contributed by atoms with van der Waals surface area (Å²) in [5.41, 5.74) is 0.787. The molecule has 2 aromatic rings. The molecule has 0 aromatic heterocycles. The lowest BCUT2D eigenvalue weighted by Crippen LogP contribution is -2.48. The zero-order valence-corrected chi connectivity index (χ0v) is 18.1. The summed E-state index contributed by atoms with van der Waals surface area (Å²) < 4.78 is 34.9. The van der Waals surface area contributed by atoms with Crippen LogP contribution in [0.3, 0.4) is 0 Å². The molecule has 2 aliphatic rings. The van der Waals surface area contributed by atoms with E-state index in [0.717, 1.165) is 0 Å². The van der Waals surface area contributed by atoms with E-state index in [1.807, 2.05) is 12.1 Å². The quantitative estimate of drug-likeness (QED) is 0.653. The van der Waals surface area contributed by atoms with Gasteiger partial charge < -0.3 is 28.4 Å². The minimum absolute atomic E-state index is 0.0168. The van der Waals surface area contributed by atoms with E-state index in [1.165, 1.54) is 7.11 Å². The number of carbonyl (C=O) groups is 2. The molecular formula is C24H26O8. The summed E-state index contributed by atoms with van der Waals surface area (Å²) in [5.74, 6) is -2.05. The smallest absolute Gasteiger partial charge is 0.338 e. The average Bonchev–Trinajstić information content (AvgIpc) is 3.07. The van der Waals surface area contributed by atoms with Gasteiger partial charge in [-0.2, -0.15) is 0 Å². The second kappa shape index (κ2) is 9.38. The minimum Gasteiger partial charge on any atom is -0.453 e. The second-order valence-corrected chi connectivity index (χ2v) is 8.05. The highest BCUT2D eigenvalue weighted by atomic mass is 16.8. The van der Waals surface area contributed by atoms with Gasteiger partial charge in [0.15, 0.2) is 24.3 Å². The van der Waals surface area contributed by atoms with Crippen molar-refractivity contribution in [3.63, 3.8) is 0 Å².